The van der Waals surface area contributed by atoms with Gasteiger partial charge in [0.15, 0.2) is 0 Å². The van der Waals surface area contributed by atoms with Crippen LogP contribution >= 0.6 is 0 Å². The van der Waals surface area contributed by atoms with Crippen LogP contribution in [-0.4, -0.2) is 34.3 Å². The molecule has 1 saturated carbocycles. The number of hydrogen-bond donors (Lipinski definition) is 0. The van der Waals surface area contributed by atoms with Gasteiger partial charge in [-0.05, 0) is 55.4 Å². The molecule has 2 aromatic carbocycles. The molecule has 0 radical (unpaired) electrons. The van der Waals surface area contributed by atoms with Crippen molar-refractivity contribution in [3.05, 3.63) is 76.0 Å². The summed E-state index contributed by atoms with van der Waals surface area (Å²) in [6.07, 6.45) is 5.26. The van der Waals surface area contributed by atoms with Crippen molar-refractivity contribution in [1.82, 2.24) is 14.7 Å². The Labute approximate surface area is 170 Å². The van der Waals surface area contributed by atoms with E-state index in [1.807, 2.05) is 24.3 Å². The van der Waals surface area contributed by atoms with E-state index >= 15 is 0 Å². The fourth-order valence-corrected chi connectivity index (χ4v) is 4.46. The lowest BCUT2D eigenvalue weighted by Crippen LogP contribution is -2.39. The molecule has 2 heterocycles. The number of rotatable bonds is 5. The largest absolute Gasteiger partial charge is 0.303 e. The Kier molecular flexibility index (Phi) is 4.92. The third-order valence-electron chi connectivity index (χ3n) is 6.31. The van der Waals surface area contributed by atoms with Crippen molar-refractivity contribution in [2.45, 2.75) is 38.1 Å². The Bertz CT molecular complexity index is 1060. The van der Waals surface area contributed by atoms with Crippen molar-refractivity contribution in [1.29, 1.82) is 0 Å². The minimum Gasteiger partial charge on any atom is -0.303 e. The molecule has 1 aromatic heterocycles. The molecular weight excluding hydrogens is 365 g/mol. The predicted molar refractivity (Wildman–Crippen MR) is 113 cm³/mol. The number of nitrogens with zero attached hydrogens (tertiary/aromatic N) is 3. The quantitative estimate of drug-likeness (QED) is 0.655. The Balaban J connectivity index is 1.46. The van der Waals surface area contributed by atoms with Crippen LogP contribution in [0.2, 0.25) is 0 Å². The van der Waals surface area contributed by atoms with E-state index < -0.39 is 0 Å². The second kappa shape index (κ2) is 7.71. The molecule has 150 valence electrons. The van der Waals surface area contributed by atoms with Gasteiger partial charge in [0.2, 0.25) is 0 Å². The summed E-state index contributed by atoms with van der Waals surface area (Å²) in [6, 6.07) is 14.4. The highest BCUT2D eigenvalue weighted by Gasteiger charge is 2.28. The van der Waals surface area contributed by atoms with Crippen LogP contribution in [0.25, 0.3) is 10.8 Å². The van der Waals surface area contributed by atoms with E-state index in [1.54, 1.807) is 16.8 Å². The molecule has 1 aliphatic carbocycles. The lowest BCUT2D eigenvalue weighted by molar-refractivity contribution is 0.171. The lowest BCUT2D eigenvalue weighted by Gasteiger charge is -2.32. The van der Waals surface area contributed by atoms with Crippen LogP contribution in [0.1, 0.15) is 43.0 Å². The van der Waals surface area contributed by atoms with Gasteiger partial charge in [0.25, 0.3) is 5.56 Å². The van der Waals surface area contributed by atoms with Crippen LogP contribution < -0.4 is 5.56 Å². The topological polar surface area (TPSA) is 38.1 Å². The third-order valence-corrected chi connectivity index (χ3v) is 6.31. The highest BCUT2D eigenvalue weighted by Crippen LogP contribution is 2.31. The average molecular weight is 391 g/mol. The summed E-state index contributed by atoms with van der Waals surface area (Å²) >= 11 is 0. The molecule has 1 aliphatic heterocycles. The zero-order valence-corrected chi connectivity index (χ0v) is 16.6. The summed E-state index contributed by atoms with van der Waals surface area (Å²) < 4.78 is 15.0. The van der Waals surface area contributed by atoms with E-state index in [0.29, 0.717) is 6.42 Å². The van der Waals surface area contributed by atoms with Gasteiger partial charge in [0.05, 0.1) is 17.1 Å². The summed E-state index contributed by atoms with van der Waals surface area (Å²) in [5, 5.41) is 6.45. The molecule has 3 aromatic rings. The summed E-state index contributed by atoms with van der Waals surface area (Å²) in [6.45, 7) is 3.29. The molecule has 5 heteroatoms. The van der Waals surface area contributed by atoms with Crippen LogP contribution in [0, 0.1) is 11.7 Å². The standard InChI is InChI=1S/C24H26FN3O/c25-19-9-7-17(8-10-19)15-23-21-3-1-2-4-22(21)24(29)28(26-23)20-11-13-27(14-12-20)16-18-5-6-18/h1-4,7-10,18,20H,5-6,11-16H2. The Morgan fingerprint density at radius 2 is 1.62 bits per heavy atom. The first-order valence-corrected chi connectivity index (χ1v) is 10.6. The van der Waals surface area contributed by atoms with Crippen molar-refractivity contribution in [2.24, 2.45) is 5.92 Å². The van der Waals surface area contributed by atoms with Crippen LogP contribution in [-0.2, 0) is 6.42 Å². The highest BCUT2D eigenvalue weighted by molar-refractivity contribution is 5.83. The molecule has 5 rings (SSSR count). The van der Waals surface area contributed by atoms with E-state index in [0.717, 1.165) is 53.9 Å². The molecule has 2 aliphatic rings. The van der Waals surface area contributed by atoms with Gasteiger partial charge in [0, 0.05) is 31.4 Å². The van der Waals surface area contributed by atoms with Crippen molar-refractivity contribution in [3.63, 3.8) is 0 Å². The van der Waals surface area contributed by atoms with Crippen LogP contribution in [0.5, 0.6) is 0 Å². The molecule has 0 unspecified atom stereocenters. The third kappa shape index (κ3) is 3.97. The number of aromatic nitrogens is 2. The normalized spacial score (nSPS) is 18.4. The fraction of sp³-hybridized carbons (Fsp3) is 0.417. The monoisotopic (exact) mass is 391 g/mol. The van der Waals surface area contributed by atoms with Gasteiger partial charge >= 0.3 is 0 Å². The molecule has 0 N–H and O–H groups in total. The maximum atomic E-state index is 13.3. The minimum absolute atomic E-state index is 0.00380. The second-order valence-corrected chi connectivity index (χ2v) is 8.52. The van der Waals surface area contributed by atoms with E-state index in [1.165, 1.54) is 31.5 Å². The van der Waals surface area contributed by atoms with E-state index in [2.05, 4.69) is 4.90 Å². The Hall–Kier alpha value is -2.53. The van der Waals surface area contributed by atoms with Crippen molar-refractivity contribution < 1.29 is 4.39 Å². The first-order valence-electron chi connectivity index (χ1n) is 10.6. The van der Waals surface area contributed by atoms with Gasteiger partial charge in [-0.3, -0.25) is 4.79 Å². The summed E-state index contributed by atoms with van der Waals surface area (Å²) in [5.74, 6) is 0.657. The molecule has 0 atom stereocenters. The zero-order chi connectivity index (χ0) is 19.8. The van der Waals surface area contributed by atoms with Crippen molar-refractivity contribution >= 4 is 10.8 Å². The molecule has 0 amide bonds. The van der Waals surface area contributed by atoms with Gasteiger partial charge in [-0.15, -0.1) is 0 Å². The number of hydrogen-bond acceptors (Lipinski definition) is 3. The summed E-state index contributed by atoms with van der Waals surface area (Å²) in [4.78, 5) is 15.7. The number of benzene rings is 2. The number of piperidine rings is 1. The minimum atomic E-state index is -0.241. The summed E-state index contributed by atoms with van der Waals surface area (Å²) in [7, 11) is 0. The predicted octanol–water partition coefficient (Wildman–Crippen LogP) is 4.17. The van der Waals surface area contributed by atoms with E-state index in [4.69, 9.17) is 5.10 Å². The smallest absolute Gasteiger partial charge is 0.274 e. The summed E-state index contributed by atoms with van der Waals surface area (Å²) in [5.41, 5.74) is 1.88. The van der Waals surface area contributed by atoms with Crippen LogP contribution in [0.4, 0.5) is 4.39 Å². The zero-order valence-electron chi connectivity index (χ0n) is 16.6. The Morgan fingerprint density at radius 1 is 0.931 bits per heavy atom. The fourth-order valence-electron chi connectivity index (χ4n) is 4.46. The van der Waals surface area contributed by atoms with Gasteiger partial charge in [-0.25, -0.2) is 9.07 Å². The maximum Gasteiger partial charge on any atom is 0.274 e. The molecule has 0 spiro atoms. The van der Waals surface area contributed by atoms with Crippen molar-refractivity contribution in [3.8, 4) is 0 Å². The average Bonchev–Trinajstić information content (AvgIpc) is 3.56. The molecule has 29 heavy (non-hydrogen) atoms. The molecule has 2 fully saturated rings. The van der Waals surface area contributed by atoms with Crippen molar-refractivity contribution in [2.75, 3.05) is 19.6 Å². The SMILES string of the molecule is O=c1c2ccccc2c(Cc2ccc(F)cc2)nn1C1CCN(CC2CC2)CC1. The van der Waals surface area contributed by atoms with Gasteiger partial charge < -0.3 is 4.90 Å². The maximum absolute atomic E-state index is 13.3. The highest BCUT2D eigenvalue weighted by atomic mass is 19.1. The first-order chi connectivity index (χ1) is 14.2. The molecule has 1 saturated heterocycles. The van der Waals surface area contributed by atoms with E-state index in [9.17, 15) is 9.18 Å². The van der Waals surface area contributed by atoms with Gasteiger partial charge in [-0.2, -0.15) is 5.10 Å². The van der Waals surface area contributed by atoms with E-state index in [-0.39, 0.29) is 17.4 Å². The Morgan fingerprint density at radius 3 is 2.31 bits per heavy atom. The molecule has 0 bridgehead atoms. The molecule has 4 nitrogen and oxygen atoms in total. The van der Waals surface area contributed by atoms with Gasteiger partial charge in [-0.1, -0.05) is 30.3 Å². The first kappa shape index (κ1) is 18.5. The number of likely N-dealkylation sites (tertiary alicyclic amines) is 1. The van der Waals surface area contributed by atoms with Gasteiger partial charge in [0.1, 0.15) is 5.82 Å². The van der Waals surface area contributed by atoms with Crippen LogP contribution in [0.3, 0.4) is 0 Å². The number of halogens is 1. The lowest BCUT2D eigenvalue weighted by atomic mass is 10.0. The van der Waals surface area contributed by atoms with Crippen LogP contribution in [0.15, 0.2) is 53.3 Å². The number of fused-ring (bicyclic) bond motifs is 1. The molecular formula is C24H26FN3O. The second-order valence-electron chi connectivity index (χ2n) is 8.52.